The molecule has 0 spiro atoms. The highest BCUT2D eigenvalue weighted by Crippen LogP contribution is 2.21. The minimum atomic E-state index is -0.947. The molecule has 2 heterocycles. The Balaban J connectivity index is 2.06. The third-order valence-corrected chi connectivity index (χ3v) is 3.09. The van der Waals surface area contributed by atoms with E-state index in [4.69, 9.17) is 5.11 Å². The maximum Gasteiger partial charge on any atom is 0.325 e. The van der Waals surface area contributed by atoms with Gasteiger partial charge in [-0.1, -0.05) is 18.2 Å². The number of para-hydroxylation sites is 1. The lowest BCUT2D eigenvalue weighted by molar-refractivity contribution is -0.137. The lowest BCUT2D eigenvalue weighted by Crippen LogP contribution is -2.26. The van der Waals surface area contributed by atoms with Crippen LogP contribution in [0, 0.1) is 0 Å². The maximum atomic E-state index is 10.9. The fourth-order valence-corrected chi connectivity index (χ4v) is 1.98. The summed E-state index contributed by atoms with van der Waals surface area (Å²) in [6.45, 7) is 1.55. The molecule has 0 aliphatic carbocycles. The van der Waals surface area contributed by atoms with Crippen molar-refractivity contribution < 1.29 is 9.90 Å². The highest BCUT2D eigenvalue weighted by molar-refractivity contribution is 5.89. The number of aromatic nitrogens is 4. The van der Waals surface area contributed by atoms with Gasteiger partial charge in [0.05, 0.1) is 17.3 Å². The summed E-state index contributed by atoms with van der Waals surface area (Å²) in [5.74, 6) is -0.491. The number of anilines is 1. The van der Waals surface area contributed by atoms with Crippen LogP contribution in [0.3, 0.4) is 0 Å². The van der Waals surface area contributed by atoms with Crippen molar-refractivity contribution in [3.05, 3.63) is 42.9 Å². The van der Waals surface area contributed by atoms with Crippen LogP contribution in [-0.4, -0.2) is 36.9 Å². The molecule has 3 aromatic rings. The van der Waals surface area contributed by atoms with Crippen molar-refractivity contribution in [1.29, 1.82) is 0 Å². The molecule has 0 amide bonds. The van der Waals surface area contributed by atoms with E-state index < -0.39 is 12.0 Å². The summed E-state index contributed by atoms with van der Waals surface area (Å²) in [6.07, 6.45) is 3.01. The monoisotopic (exact) mass is 283 g/mol. The number of benzene rings is 1. The number of aliphatic carboxylic acids is 1. The van der Waals surface area contributed by atoms with Gasteiger partial charge in [-0.2, -0.15) is 5.10 Å². The highest BCUT2D eigenvalue weighted by Gasteiger charge is 2.15. The van der Waals surface area contributed by atoms with Gasteiger partial charge in [0.1, 0.15) is 18.2 Å². The summed E-state index contributed by atoms with van der Waals surface area (Å²) in [5, 5.41) is 16.8. The average molecular weight is 283 g/mol. The maximum absolute atomic E-state index is 10.9. The summed E-state index contributed by atoms with van der Waals surface area (Å²) in [4.78, 5) is 19.3. The Morgan fingerprint density at radius 1 is 1.29 bits per heavy atom. The number of hydrogen-bond donors (Lipinski definition) is 2. The lowest BCUT2D eigenvalue weighted by atomic mass is 10.3. The van der Waals surface area contributed by atoms with Gasteiger partial charge >= 0.3 is 5.97 Å². The first-order valence-corrected chi connectivity index (χ1v) is 6.40. The fourth-order valence-electron chi connectivity index (χ4n) is 1.98. The van der Waals surface area contributed by atoms with Crippen molar-refractivity contribution >= 4 is 22.8 Å². The van der Waals surface area contributed by atoms with Crippen LogP contribution >= 0.6 is 0 Å². The van der Waals surface area contributed by atoms with Crippen molar-refractivity contribution in [3.63, 3.8) is 0 Å². The van der Waals surface area contributed by atoms with Gasteiger partial charge in [0.2, 0.25) is 0 Å². The Morgan fingerprint density at radius 2 is 2.05 bits per heavy atom. The summed E-state index contributed by atoms with van der Waals surface area (Å²) in [6, 6.07) is 8.84. The number of rotatable bonds is 4. The smallest absolute Gasteiger partial charge is 0.325 e. The Hall–Kier alpha value is -2.96. The molecule has 1 unspecified atom stereocenters. The third kappa shape index (κ3) is 2.40. The molecule has 1 aromatic carbocycles. The van der Waals surface area contributed by atoms with E-state index >= 15 is 0 Å². The summed E-state index contributed by atoms with van der Waals surface area (Å²) >= 11 is 0. The number of carboxylic acids is 1. The van der Waals surface area contributed by atoms with Crippen LogP contribution < -0.4 is 5.32 Å². The molecule has 2 N–H and O–H groups in total. The third-order valence-electron chi connectivity index (χ3n) is 3.09. The van der Waals surface area contributed by atoms with Crippen LogP contribution in [0.5, 0.6) is 0 Å². The Morgan fingerprint density at radius 3 is 2.76 bits per heavy atom. The van der Waals surface area contributed by atoms with Gasteiger partial charge in [-0.25, -0.2) is 14.6 Å². The summed E-state index contributed by atoms with van der Waals surface area (Å²) in [7, 11) is 0. The van der Waals surface area contributed by atoms with E-state index in [-0.39, 0.29) is 0 Å². The Labute approximate surface area is 120 Å². The molecule has 1 atom stereocenters. The molecule has 0 aliphatic heterocycles. The average Bonchev–Trinajstić information content (AvgIpc) is 2.93. The van der Waals surface area contributed by atoms with E-state index in [0.29, 0.717) is 16.9 Å². The van der Waals surface area contributed by atoms with E-state index in [2.05, 4.69) is 20.4 Å². The first-order valence-electron chi connectivity index (χ1n) is 6.40. The zero-order valence-electron chi connectivity index (χ0n) is 11.3. The normalized spacial score (nSPS) is 12.2. The van der Waals surface area contributed by atoms with Crippen molar-refractivity contribution in [1.82, 2.24) is 19.7 Å². The van der Waals surface area contributed by atoms with Gasteiger partial charge in [0, 0.05) is 0 Å². The molecule has 106 valence electrons. The van der Waals surface area contributed by atoms with Crippen LogP contribution in [0.1, 0.15) is 6.92 Å². The number of fused-ring (bicyclic) bond motifs is 1. The SMILES string of the molecule is CC(Nc1ncnc2c1cnn2-c1ccccc1)C(=O)O. The van der Waals surface area contributed by atoms with E-state index in [0.717, 1.165) is 5.69 Å². The standard InChI is InChI=1S/C14H13N5O2/c1-9(14(20)21)18-12-11-7-17-19(13(11)16-8-15-12)10-5-3-2-4-6-10/h2-9H,1H3,(H,20,21)(H,15,16,18). The van der Waals surface area contributed by atoms with Crippen LogP contribution in [0.15, 0.2) is 42.9 Å². The molecular weight excluding hydrogens is 270 g/mol. The van der Waals surface area contributed by atoms with E-state index in [1.165, 1.54) is 6.33 Å². The summed E-state index contributed by atoms with van der Waals surface area (Å²) < 4.78 is 1.69. The quantitative estimate of drug-likeness (QED) is 0.757. The Kier molecular flexibility index (Phi) is 3.23. The zero-order chi connectivity index (χ0) is 14.8. The van der Waals surface area contributed by atoms with Crippen molar-refractivity contribution in [3.8, 4) is 5.69 Å². The van der Waals surface area contributed by atoms with Crippen LogP contribution in [0.25, 0.3) is 16.7 Å². The zero-order valence-corrected chi connectivity index (χ0v) is 11.3. The molecule has 0 saturated heterocycles. The summed E-state index contributed by atoms with van der Waals surface area (Å²) in [5.41, 5.74) is 1.50. The molecule has 0 aliphatic rings. The molecule has 7 heteroatoms. The first kappa shape index (κ1) is 13.0. The highest BCUT2D eigenvalue weighted by atomic mass is 16.4. The minimum absolute atomic E-state index is 0.456. The van der Waals surface area contributed by atoms with Gasteiger partial charge in [-0.05, 0) is 19.1 Å². The van der Waals surface area contributed by atoms with Crippen molar-refractivity contribution in [2.45, 2.75) is 13.0 Å². The van der Waals surface area contributed by atoms with E-state index in [1.807, 2.05) is 30.3 Å². The van der Waals surface area contributed by atoms with Crippen LogP contribution in [0.2, 0.25) is 0 Å². The predicted octanol–water partition coefficient (Wildman–Crippen LogP) is 1.70. The first-order chi connectivity index (χ1) is 10.2. The van der Waals surface area contributed by atoms with Crippen LogP contribution in [-0.2, 0) is 4.79 Å². The second kappa shape index (κ2) is 5.20. The van der Waals surface area contributed by atoms with Gasteiger partial charge in [0.15, 0.2) is 5.65 Å². The number of hydrogen-bond acceptors (Lipinski definition) is 5. The van der Waals surface area contributed by atoms with Gasteiger partial charge < -0.3 is 10.4 Å². The molecule has 2 aromatic heterocycles. The van der Waals surface area contributed by atoms with E-state index in [9.17, 15) is 4.79 Å². The molecule has 7 nitrogen and oxygen atoms in total. The molecule has 0 fully saturated rings. The predicted molar refractivity (Wildman–Crippen MR) is 77.4 cm³/mol. The van der Waals surface area contributed by atoms with E-state index in [1.54, 1.807) is 17.8 Å². The Bertz CT molecular complexity index is 784. The number of carbonyl (C=O) groups is 1. The number of nitrogens with one attached hydrogen (secondary N) is 1. The largest absolute Gasteiger partial charge is 0.480 e. The van der Waals surface area contributed by atoms with Crippen LogP contribution in [0.4, 0.5) is 5.82 Å². The topological polar surface area (TPSA) is 92.9 Å². The minimum Gasteiger partial charge on any atom is -0.480 e. The molecule has 0 bridgehead atoms. The number of nitrogens with zero attached hydrogens (tertiary/aromatic N) is 4. The molecular formula is C14H13N5O2. The van der Waals surface area contributed by atoms with Crippen molar-refractivity contribution in [2.24, 2.45) is 0 Å². The van der Waals surface area contributed by atoms with Gasteiger partial charge in [-0.3, -0.25) is 4.79 Å². The fraction of sp³-hybridized carbons (Fsp3) is 0.143. The second-order valence-corrected chi connectivity index (χ2v) is 4.56. The molecule has 3 rings (SSSR count). The lowest BCUT2D eigenvalue weighted by Gasteiger charge is -2.10. The van der Waals surface area contributed by atoms with Crippen molar-refractivity contribution in [2.75, 3.05) is 5.32 Å². The molecule has 0 radical (unpaired) electrons. The molecule has 0 saturated carbocycles. The number of carboxylic acid groups (broad SMARTS) is 1. The second-order valence-electron chi connectivity index (χ2n) is 4.56. The van der Waals surface area contributed by atoms with Gasteiger partial charge in [-0.15, -0.1) is 0 Å². The molecule has 21 heavy (non-hydrogen) atoms. The van der Waals surface area contributed by atoms with Gasteiger partial charge in [0.25, 0.3) is 0 Å².